The average Bonchev–Trinajstić information content (AvgIpc) is 1.58. The number of benzene rings is 4. The van der Waals surface area contributed by atoms with Crippen LogP contribution in [0.3, 0.4) is 0 Å². The first-order chi connectivity index (χ1) is 63.6. The highest BCUT2D eigenvalue weighted by molar-refractivity contribution is 7.16. The van der Waals surface area contributed by atoms with Crippen LogP contribution in [0.5, 0.6) is 0 Å². The zero-order chi connectivity index (χ0) is 92.9. The minimum atomic E-state index is -0.928. The lowest BCUT2D eigenvalue weighted by molar-refractivity contribution is -0.142. The summed E-state index contributed by atoms with van der Waals surface area (Å²) in [4.78, 5) is 68.0. The number of aromatic nitrogens is 13. The van der Waals surface area contributed by atoms with Crippen LogP contribution in [0, 0.1) is 83.1 Å². The van der Waals surface area contributed by atoms with Crippen molar-refractivity contribution in [3.63, 3.8) is 0 Å². The summed E-state index contributed by atoms with van der Waals surface area (Å²) < 4.78 is 26.2. The Labute approximate surface area is 803 Å². The molecule has 4 aromatic carbocycles. The second-order valence-electron chi connectivity index (χ2n) is 33.6. The fourth-order valence-corrected chi connectivity index (χ4v) is 22.3. The van der Waals surface area contributed by atoms with Gasteiger partial charge in [0.25, 0.3) is 0 Å². The summed E-state index contributed by atoms with van der Waals surface area (Å²) in [6, 6.07) is 34.1. The molecular weight excluding hydrogens is 1830 g/mol. The van der Waals surface area contributed by atoms with E-state index in [4.69, 9.17) is 80.6 Å². The maximum absolute atomic E-state index is 12.7. The number of halogens is 4. The number of rotatable bonds is 22. The van der Waals surface area contributed by atoms with Crippen molar-refractivity contribution in [3.8, 4) is 20.0 Å². The number of aliphatic imine (C=N–C) groups is 4. The molecule has 13 aromatic rings. The molecule has 2 saturated heterocycles. The van der Waals surface area contributed by atoms with Crippen LogP contribution in [0.2, 0.25) is 20.1 Å². The number of carbonyl (C=O) groups excluding carboxylic acids is 3. The number of aryl methyl sites for hydroxylation is 9. The molecule has 36 heteroatoms. The number of methoxy groups -OCH3 is 1. The van der Waals surface area contributed by atoms with Gasteiger partial charge in [0.2, 0.25) is 11.8 Å². The molecule has 0 bridgehead atoms. The fraction of sp³-hybridized carbons (Fsp3) is 0.385. The molecule has 6 aliphatic heterocycles. The van der Waals surface area contributed by atoms with E-state index in [0.717, 1.165) is 212 Å². The van der Waals surface area contributed by atoms with Gasteiger partial charge in [-0.25, -0.2) is 0 Å². The Morgan fingerprint density at radius 3 is 1.15 bits per heavy atom. The Bertz CT molecular complexity index is 6500. The Morgan fingerprint density at radius 1 is 0.432 bits per heavy atom. The van der Waals surface area contributed by atoms with Crippen LogP contribution < -0.4 is 16.0 Å². The standard InChI is InChI=1S/C25H29ClN6O2S.C25H31ClN6OS.C25H25ClN6OS.C21H21ClN4O2S/c1-15-16(2)35-25-22(15)23(18-4-6-19(26)7-5-18)28-20(24-30-29-17(3)32(24)25)14-27-21(33)8-9-31-10-12-34-13-11-31;1-16-17(2)34-25-22(16)23(19-5-7-20(26)8-6-19)28-21(24-30-29-18(3)32(24)25)15-27-9-4-10-31-11-13-33-14-12-31;1-15-16(2)34-25-22(15)23(18-6-8-19(26)9-7-18)28-20(24-30-29-17(3)32(24)25)14-27-21(33)10-13-31-11-4-5-12-31;1-11-12(2)29-19-17(11)18(14-6-8-15(22)9-7-14)23-21(4,10-16(27)28-5)20-25-24-13(3)26(19)20/h4-7,20H,8-14H2,1-3H3,(H,27,33);5-8,21,27H,4,9-15H2,1-3H3;4-9,11-12,20H,10,13-14H2,1-3H3,(H,27,33);6-9H,10H2,1-5H3/t20-;21-;20-;21-/m0000/s1. The summed E-state index contributed by atoms with van der Waals surface area (Å²) in [5, 5.41) is 52.2. The van der Waals surface area contributed by atoms with E-state index in [9.17, 15) is 14.4 Å². The van der Waals surface area contributed by atoms with E-state index in [-0.39, 0.29) is 42.3 Å². The summed E-state index contributed by atoms with van der Waals surface area (Å²) in [6.07, 6.45) is 5.90. The molecule has 6 aliphatic rings. The van der Waals surface area contributed by atoms with Gasteiger partial charge in [-0.2, -0.15) is 0 Å². The second-order valence-corrected chi connectivity index (χ2v) is 40.1. The monoisotopic (exact) mass is 1930 g/mol. The molecule has 132 heavy (non-hydrogen) atoms. The van der Waals surface area contributed by atoms with Gasteiger partial charge in [-0.3, -0.25) is 62.4 Å². The molecular formula is C96H106Cl4N22O6S4. The number of nitrogens with zero attached hydrogens (tertiary/aromatic N) is 19. The van der Waals surface area contributed by atoms with Gasteiger partial charge in [-0.1, -0.05) is 94.9 Å². The van der Waals surface area contributed by atoms with Gasteiger partial charge >= 0.3 is 5.97 Å². The summed E-state index contributed by atoms with van der Waals surface area (Å²) in [5.41, 5.74) is 15.8. The molecule has 3 N–H and O–H groups in total. The minimum absolute atomic E-state index is 0.00793. The van der Waals surface area contributed by atoms with Gasteiger partial charge < -0.3 is 34.7 Å². The first kappa shape index (κ1) is 94.8. The van der Waals surface area contributed by atoms with Crippen molar-refractivity contribution in [3.05, 3.63) is 275 Å². The number of hydrogen-bond acceptors (Lipinski definition) is 25. The molecule has 28 nitrogen and oxygen atoms in total. The third kappa shape index (κ3) is 20.5. The molecule has 19 rings (SSSR count). The smallest absolute Gasteiger partial charge is 0.308 e. The number of esters is 1. The number of fused-ring (bicyclic) bond motifs is 12. The van der Waals surface area contributed by atoms with Crippen LogP contribution in [-0.2, 0) is 40.7 Å². The van der Waals surface area contributed by atoms with Gasteiger partial charge in [0.05, 0.1) is 62.8 Å². The SMILES string of the molecule is COC(=O)C[C@]1(C)N=C(c2ccc(Cl)cc2)c2c(sc(C)c2C)-n2c(C)nnc21.Cc1sc2c(c1C)C(c1ccc(Cl)cc1)=N[C@@H](CNC(=O)CCN1CCOCC1)c1nnc(C)n1-2.Cc1sc2c(c1C)C(c1ccc(Cl)cc1)=N[C@@H](CNC(=O)CCn1cccc1)c1nnc(C)n1-2.Cc1sc2c(c1C)C(c1ccc(Cl)cc1)=N[C@@H](CNCCCN1CCOCC1)c1nnc(C)n1-2. The zero-order valence-electron chi connectivity index (χ0n) is 76.3. The highest BCUT2D eigenvalue weighted by Gasteiger charge is 2.42. The molecule has 15 heterocycles. The maximum Gasteiger partial charge on any atom is 0.308 e. The molecule has 0 saturated carbocycles. The predicted octanol–water partition coefficient (Wildman–Crippen LogP) is 17.1. The van der Waals surface area contributed by atoms with Crippen LogP contribution >= 0.6 is 91.8 Å². The number of morpholine rings is 2. The van der Waals surface area contributed by atoms with E-state index in [1.54, 1.807) is 45.3 Å². The largest absolute Gasteiger partial charge is 0.469 e. The number of carbonyl (C=O) groups is 3. The van der Waals surface area contributed by atoms with Gasteiger partial charge in [-0.05, 0) is 192 Å². The molecule has 0 spiro atoms. The molecule has 2 fully saturated rings. The van der Waals surface area contributed by atoms with Gasteiger partial charge in [0.15, 0.2) is 23.3 Å². The maximum atomic E-state index is 12.7. The molecule has 2 amide bonds. The van der Waals surface area contributed by atoms with Crippen LogP contribution in [0.25, 0.3) is 20.0 Å². The first-order valence-electron chi connectivity index (χ1n) is 44.1. The van der Waals surface area contributed by atoms with Gasteiger partial charge in [-0.15, -0.1) is 86.1 Å². The van der Waals surface area contributed by atoms with Gasteiger partial charge in [0, 0.05) is 168 Å². The topological polar surface area (TPSA) is 299 Å². The molecule has 688 valence electrons. The molecule has 0 radical (unpaired) electrons. The van der Waals surface area contributed by atoms with E-state index >= 15 is 0 Å². The van der Waals surface area contributed by atoms with E-state index < -0.39 is 5.54 Å². The Kier molecular flexibility index (Phi) is 29.9. The van der Waals surface area contributed by atoms with Crippen LogP contribution in [0.4, 0.5) is 0 Å². The van der Waals surface area contributed by atoms with Crippen molar-refractivity contribution in [2.75, 3.05) is 99.0 Å². The second kappa shape index (κ2) is 41.6. The molecule has 0 unspecified atom stereocenters. The fourth-order valence-electron chi connectivity index (χ4n) is 17.0. The summed E-state index contributed by atoms with van der Waals surface area (Å²) >= 11 is 31.5. The number of thiophene rings is 4. The molecule has 9 aromatic heterocycles. The highest BCUT2D eigenvalue weighted by atomic mass is 35.5. The zero-order valence-corrected chi connectivity index (χ0v) is 82.6. The van der Waals surface area contributed by atoms with E-state index in [1.165, 1.54) is 48.9 Å². The van der Waals surface area contributed by atoms with Crippen molar-refractivity contribution in [2.24, 2.45) is 20.0 Å². The number of hydrogen-bond donors (Lipinski definition) is 3. The first-order valence-corrected chi connectivity index (χ1v) is 48.9. The number of ether oxygens (including phenoxy) is 3. The third-order valence-corrected chi connectivity index (χ3v) is 30.4. The quantitative estimate of drug-likeness (QED) is 0.0419. The molecule has 0 aliphatic carbocycles. The minimum Gasteiger partial charge on any atom is -0.469 e. The van der Waals surface area contributed by atoms with Crippen molar-refractivity contribution in [1.82, 2.24) is 89.4 Å². The highest BCUT2D eigenvalue weighted by Crippen LogP contribution is 2.46. The lowest BCUT2D eigenvalue weighted by Crippen LogP contribution is -2.39. The summed E-state index contributed by atoms with van der Waals surface area (Å²) in [5.74, 6) is 5.88. The van der Waals surface area contributed by atoms with Crippen LogP contribution in [0.15, 0.2) is 142 Å². The van der Waals surface area contributed by atoms with Crippen molar-refractivity contribution in [1.29, 1.82) is 0 Å². The third-order valence-electron chi connectivity index (χ3n) is 24.7. The number of nitrogens with one attached hydrogen (secondary N) is 3. The van der Waals surface area contributed by atoms with E-state index in [2.05, 4.69) is 148 Å². The van der Waals surface area contributed by atoms with E-state index in [0.29, 0.717) is 59.9 Å². The lowest BCUT2D eigenvalue weighted by atomic mass is 9.95. The lowest BCUT2D eigenvalue weighted by Gasteiger charge is -2.26. The Balaban J connectivity index is 0.000000129. The average molecular weight is 1930 g/mol. The molecule has 4 atom stereocenters. The van der Waals surface area contributed by atoms with Crippen molar-refractivity contribution >= 4 is 132 Å². The summed E-state index contributed by atoms with van der Waals surface area (Å²) in [7, 11) is 1.38. The Hall–Kier alpha value is -10.4. The Morgan fingerprint density at radius 2 is 0.765 bits per heavy atom. The van der Waals surface area contributed by atoms with Gasteiger partial charge in [0.1, 0.15) is 67.0 Å². The number of amides is 2. The van der Waals surface area contributed by atoms with E-state index in [1.807, 2.05) is 153 Å². The van der Waals surface area contributed by atoms with Crippen LogP contribution in [0.1, 0.15) is 184 Å². The van der Waals surface area contributed by atoms with Crippen LogP contribution in [-0.4, -0.2) is 213 Å². The normalized spacial score (nSPS) is 17.2. The van der Waals surface area contributed by atoms with Crippen molar-refractivity contribution < 1.29 is 28.6 Å². The van der Waals surface area contributed by atoms with Crippen molar-refractivity contribution in [2.45, 2.75) is 146 Å². The summed E-state index contributed by atoms with van der Waals surface area (Å²) in [6.45, 7) is 38.5. The predicted molar refractivity (Wildman–Crippen MR) is 526 cm³/mol.